The number of anilines is 3. The number of nitrogens with one attached hydrogen (secondary N) is 2. The zero-order chi connectivity index (χ0) is 26.0. The molecule has 1 saturated carbocycles. The van der Waals surface area contributed by atoms with Gasteiger partial charge < -0.3 is 15.5 Å². The Balaban J connectivity index is 1.37. The second-order valence-corrected chi connectivity index (χ2v) is 10.1. The van der Waals surface area contributed by atoms with Gasteiger partial charge in [-0.2, -0.15) is 0 Å². The molecule has 0 saturated heterocycles. The Labute approximate surface area is 227 Å². The van der Waals surface area contributed by atoms with Gasteiger partial charge in [0, 0.05) is 42.6 Å². The molecule has 1 fully saturated rings. The standard InChI is InChI=1S/C33H39N5/c1-2-35-30-16-18-31(19-17-30)38(21-20-34-24-26-10-5-3-6-11-26)33-23-32(36-25-37-33)29-15-9-14-28(22-29)27-12-7-4-8-13-27/h4,7-9,12-19,22-23,25-26,34-35H,2-3,5-6,10-11,20-21,24H2,1H3. The molecular formula is C33H39N5. The summed E-state index contributed by atoms with van der Waals surface area (Å²) in [7, 11) is 0. The van der Waals surface area contributed by atoms with Crippen molar-refractivity contribution in [2.75, 3.05) is 36.4 Å². The van der Waals surface area contributed by atoms with Gasteiger partial charge in [0.25, 0.3) is 0 Å². The number of aromatic nitrogens is 2. The van der Waals surface area contributed by atoms with Crippen molar-refractivity contribution in [1.29, 1.82) is 0 Å². The van der Waals surface area contributed by atoms with Gasteiger partial charge in [-0.1, -0.05) is 67.8 Å². The molecule has 0 amide bonds. The van der Waals surface area contributed by atoms with Gasteiger partial charge in [0.15, 0.2) is 0 Å². The first kappa shape index (κ1) is 25.9. The molecule has 0 radical (unpaired) electrons. The summed E-state index contributed by atoms with van der Waals surface area (Å²) in [6, 6.07) is 29.8. The molecule has 38 heavy (non-hydrogen) atoms. The molecule has 5 heteroatoms. The van der Waals surface area contributed by atoms with Crippen molar-refractivity contribution in [2.24, 2.45) is 5.92 Å². The van der Waals surface area contributed by atoms with Crippen LogP contribution in [0.3, 0.4) is 0 Å². The lowest BCUT2D eigenvalue weighted by Crippen LogP contribution is -2.32. The van der Waals surface area contributed by atoms with Crippen molar-refractivity contribution in [3.63, 3.8) is 0 Å². The van der Waals surface area contributed by atoms with E-state index < -0.39 is 0 Å². The Bertz CT molecular complexity index is 1270. The fourth-order valence-corrected chi connectivity index (χ4v) is 5.37. The van der Waals surface area contributed by atoms with Crippen molar-refractivity contribution in [3.8, 4) is 22.4 Å². The monoisotopic (exact) mass is 505 g/mol. The minimum Gasteiger partial charge on any atom is -0.385 e. The molecule has 0 bridgehead atoms. The maximum Gasteiger partial charge on any atom is 0.137 e. The molecule has 196 valence electrons. The van der Waals surface area contributed by atoms with Crippen LogP contribution in [0.1, 0.15) is 39.0 Å². The van der Waals surface area contributed by atoms with E-state index in [4.69, 9.17) is 4.98 Å². The van der Waals surface area contributed by atoms with Crippen LogP contribution < -0.4 is 15.5 Å². The lowest BCUT2D eigenvalue weighted by Gasteiger charge is -2.26. The molecular weight excluding hydrogens is 466 g/mol. The number of nitrogens with zero attached hydrogens (tertiary/aromatic N) is 3. The van der Waals surface area contributed by atoms with Crippen molar-refractivity contribution in [2.45, 2.75) is 39.0 Å². The van der Waals surface area contributed by atoms with Crippen LogP contribution in [0.5, 0.6) is 0 Å². The molecule has 1 aliphatic carbocycles. The number of rotatable bonds is 11. The molecule has 0 spiro atoms. The van der Waals surface area contributed by atoms with Crippen LogP contribution in [0.4, 0.5) is 17.2 Å². The van der Waals surface area contributed by atoms with Crippen molar-refractivity contribution in [3.05, 3.63) is 91.3 Å². The molecule has 0 unspecified atom stereocenters. The first-order valence-electron chi connectivity index (χ1n) is 14.1. The van der Waals surface area contributed by atoms with Gasteiger partial charge in [-0.25, -0.2) is 9.97 Å². The van der Waals surface area contributed by atoms with Crippen LogP contribution in [0.2, 0.25) is 0 Å². The van der Waals surface area contributed by atoms with Crippen LogP contribution >= 0.6 is 0 Å². The molecule has 1 aliphatic rings. The highest BCUT2D eigenvalue weighted by molar-refractivity contribution is 5.73. The Morgan fingerprint density at radius 2 is 1.55 bits per heavy atom. The third-order valence-corrected chi connectivity index (χ3v) is 7.42. The summed E-state index contributed by atoms with van der Waals surface area (Å²) in [5, 5.41) is 7.13. The highest BCUT2D eigenvalue weighted by atomic mass is 15.2. The van der Waals surface area contributed by atoms with Gasteiger partial charge in [-0.15, -0.1) is 0 Å². The van der Waals surface area contributed by atoms with Gasteiger partial charge in [0.1, 0.15) is 12.1 Å². The van der Waals surface area contributed by atoms with Crippen LogP contribution in [0.25, 0.3) is 22.4 Å². The number of hydrogen-bond acceptors (Lipinski definition) is 5. The van der Waals surface area contributed by atoms with E-state index in [1.54, 1.807) is 6.33 Å². The predicted octanol–water partition coefficient (Wildman–Crippen LogP) is 7.55. The molecule has 1 heterocycles. The molecule has 0 aliphatic heterocycles. The molecule has 4 aromatic rings. The summed E-state index contributed by atoms with van der Waals surface area (Å²) in [6.45, 7) is 5.88. The van der Waals surface area contributed by atoms with E-state index in [0.717, 1.165) is 60.5 Å². The topological polar surface area (TPSA) is 53.1 Å². The average molecular weight is 506 g/mol. The summed E-state index contributed by atoms with van der Waals surface area (Å²) in [4.78, 5) is 11.7. The fourth-order valence-electron chi connectivity index (χ4n) is 5.37. The maximum atomic E-state index is 4.72. The second-order valence-electron chi connectivity index (χ2n) is 10.1. The zero-order valence-corrected chi connectivity index (χ0v) is 22.4. The SMILES string of the molecule is CCNc1ccc(N(CCNCC2CCCCC2)c2cc(-c3cccc(-c4ccccc4)c3)ncn2)cc1. The van der Waals surface area contributed by atoms with E-state index in [9.17, 15) is 0 Å². The highest BCUT2D eigenvalue weighted by Crippen LogP contribution is 2.30. The number of hydrogen-bond donors (Lipinski definition) is 2. The molecule has 0 atom stereocenters. The minimum absolute atomic E-state index is 0.819. The zero-order valence-electron chi connectivity index (χ0n) is 22.4. The fraction of sp³-hybridized carbons (Fsp3) is 0.333. The summed E-state index contributed by atoms with van der Waals surface area (Å²) >= 11 is 0. The molecule has 2 N–H and O–H groups in total. The Morgan fingerprint density at radius 3 is 2.34 bits per heavy atom. The van der Waals surface area contributed by atoms with Crippen LogP contribution in [-0.4, -0.2) is 36.1 Å². The quantitative estimate of drug-likeness (QED) is 0.206. The first-order valence-corrected chi connectivity index (χ1v) is 14.1. The van der Waals surface area contributed by atoms with Crippen LogP contribution in [-0.2, 0) is 0 Å². The third kappa shape index (κ3) is 6.78. The van der Waals surface area contributed by atoms with Gasteiger partial charge in [0.05, 0.1) is 5.69 Å². The maximum absolute atomic E-state index is 4.72. The Kier molecular flexibility index (Phi) is 9.01. The van der Waals surface area contributed by atoms with Crippen molar-refractivity contribution >= 4 is 17.2 Å². The Morgan fingerprint density at radius 1 is 0.789 bits per heavy atom. The molecule has 3 aromatic carbocycles. The lowest BCUT2D eigenvalue weighted by atomic mass is 9.89. The van der Waals surface area contributed by atoms with Crippen molar-refractivity contribution < 1.29 is 0 Å². The predicted molar refractivity (Wildman–Crippen MR) is 160 cm³/mol. The summed E-state index contributed by atoms with van der Waals surface area (Å²) < 4.78 is 0. The average Bonchev–Trinajstić information content (AvgIpc) is 2.99. The van der Waals surface area contributed by atoms with Gasteiger partial charge >= 0.3 is 0 Å². The second kappa shape index (κ2) is 13.2. The summed E-state index contributed by atoms with van der Waals surface area (Å²) in [5.41, 5.74) is 6.67. The highest BCUT2D eigenvalue weighted by Gasteiger charge is 2.15. The largest absolute Gasteiger partial charge is 0.385 e. The summed E-state index contributed by atoms with van der Waals surface area (Å²) in [6.07, 6.45) is 8.57. The molecule has 5 nitrogen and oxygen atoms in total. The van der Waals surface area contributed by atoms with Crippen LogP contribution in [0.15, 0.2) is 91.3 Å². The third-order valence-electron chi connectivity index (χ3n) is 7.42. The van der Waals surface area contributed by atoms with E-state index >= 15 is 0 Å². The lowest BCUT2D eigenvalue weighted by molar-refractivity contribution is 0.344. The first-order chi connectivity index (χ1) is 18.8. The summed E-state index contributed by atoms with van der Waals surface area (Å²) in [5.74, 6) is 1.73. The van der Waals surface area contributed by atoms with Crippen molar-refractivity contribution in [1.82, 2.24) is 15.3 Å². The Hall–Kier alpha value is -3.70. The van der Waals surface area contributed by atoms with Gasteiger partial charge in [-0.05, 0) is 73.7 Å². The molecule has 1 aromatic heterocycles. The minimum atomic E-state index is 0.819. The normalized spacial score (nSPS) is 13.8. The van der Waals surface area contributed by atoms with E-state index in [1.807, 2.05) is 6.07 Å². The van der Waals surface area contributed by atoms with E-state index in [0.29, 0.717) is 0 Å². The van der Waals surface area contributed by atoms with Gasteiger partial charge in [-0.3, -0.25) is 0 Å². The van der Waals surface area contributed by atoms with E-state index in [-0.39, 0.29) is 0 Å². The van der Waals surface area contributed by atoms with E-state index in [1.165, 1.54) is 43.2 Å². The molecule has 5 rings (SSSR count). The number of benzene rings is 3. The van der Waals surface area contributed by atoms with Gasteiger partial charge in [0.2, 0.25) is 0 Å². The van der Waals surface area contributed by atoms with E-state index in [2.05, 4.69) is 106 Å². The smallest absolute Gasteiger partial charge is 0.137 e. The van der Waals surface area contributed by atoms with Crippen LogP contribution in [0, 0.1) is 5.92 Å².